The number of likely N-dealkylation sites (tertiary alicyclic amines) is 1. The fourth-order valence-corrected chi connectivity index (χ4v) is 4.81. The first-order valence-electron chi connectivity index (χ1n) is 11.4. The summed E-state index contributed by atoms with van der Waals surface area (Å²) < 4.78 is 11.7. The molecule has 1 aromatic carbocycles. The molecule has 0 spiro atoms. The molecule has 7 heteroatoms. The SMILES string of the molecule is Cc1cc(OCC2(CC(=O)N3CCOCC3)CCCN(Cc3cccnc3)C2)ccc1Cl. The maximum Gasteiger partial charge on any atom is 0.223 e. The van der Waals surface area contributed by atoms with E-state index in [0.717, 1.165) is 48.8 Å². The van der Waals surface area contributed by atoms with E-state index in [-0.39, 0.29) is 11.3 Å². The number of halogens is 1. The van der Waals surface area contributed by atoms with Crippen molar-refractivity contribution >= 4 is 17.5 Å². The van der Waals surface area contributed by atoms with Gasteiger partial charge in [-0.3, -0.25) is 14.7 Å². The zero-order valence-electron chi connectivity index (χ0n) is 18.8. The fraction of sp³-hybridized carbons (Fsp3) is 0.520. The number of aryl methyl sites for hydroxylation is 1. The molecular formula is C25H32ClN3O3. The summed E-state index contributed by atoms with van der Waals surface area (Å²) in [7, 11) is 0. The third-order valence-corrected chi connectivity index (χ3v) is 6.86. The molecule has 1 aromatic heterocycles. The van der Waals surface area contributed by atoms with Crippen molar-refractivity contribution in [1.29, 1.82) is 0 Å². The van der Waals surface area contributed by atoms with E-state index in [1.54, 1.807) is 6.20 Å². The predicted octanol–water partition coefficient (Wildman–Crippen LogP) is 3.95. The average Bonchev–Trinajstić information content (AvgIpc) is 2.81. The number of hydrogen-bond acceptors (Lipinski definition) is 5. The first-order chi connectivity index (χ1) is 15.5. The van der Waals surface area contributed by atoms with Crippen LogP contribution in [0.3, 0.4) is 0 Å². The zero-order chi connectivity index (χ0) is 22.4. The van der Waals surface area contributed by atoms with Crippen LogP contribution >= 0.6 is 11.6 Å². The number of pyridine rings is 1. The van der Waals surface area contributed by atoms with Crippen LogP contribution < -0.4 is 4.74 Å². The van der Waals surface area contributed by atoms with Crippen molar-refractivity contribution in [3.8, 4) is 5.75 Å². The maximum absolute atomic E-state index is 13.2. The van der Waals surface area contributed by atoms with Crippen molar-refractivity contribution in [2.45, 2.75) is 32.7 Å². The molecule has 0 N–H and O–H groups in total. The summed E-state index contributed by atoms with van der Waals surface area (Å²) in [6.45, 7) is 7.74. The Morgan fingerprint density at radius 3 is 2.84 bits per heavy atom. The molecule has 4 rings (SSSR count). The van der Waals surface area contributed by atoms with Gasteiger partial charge in [-0.15, -0.1) is 0 Å². The van der Waals surface area contributed by atoms with Gasteiger partial charge in [0.2, 0.25) is 5.91 Å². The second kappa shape index (κ2) is 10.6. The van der Waals surface area contributed by atoms with Crippen LogP contribution in [0.15, 0.2) is 42.7 Å². The minimum absolute atomic E-state index is 0.201. The lowest BCUT2D eigenvalue weighted by atomic mass is 9.77. The molecule has 2 aliphatic heterocycles. The van der Waals surface area contributed by atoms with Crippen LogP contribution in [0.2, 0.25) is 5.02 Å². The second-order valence-corrected chi connectivity index (χ2v) is 9.45. The molecule has 3 heterocycles. The molecular weight excluding hydrogens is 426 g/mol. The number of aromatic nitrogens is 1. The summed E-state index contributed by atoms with van der Waals surface area (Å²) in [6, 6.07) is 9.82. The van der Waals surface area contributed by atoms with Crippen LogP contribution in [0.5, 0.6) is 5.75 Å². The summed E-state index contributed by atoms with van der Waals surface area (Å²) in [5, 5.41) is 0.731. The lowest BCUT2D eigenvalue weighted by Crippen LogP contribution is -2.50. The number of hydrogen-bond donors (Lipinski definition) is 0. The maximum atomic E-state index is 13.2. The minimum Gasteiger partial charge on any atom is -0.493 e. The number of rotatable bonds is 7. The number of carbonyl (C=O) groups is 1. The van der Waals surface area contributed by atoms with E-state index in [4.69, 9.17) is 21.1 Å². The molecule has 1 amide bonds. The molecule has 6 nitrogen and oxygen atoms in total. The molecule has 0 radical (unpaired) electrons. The second-order valence-electron chi connectivity index (χ2n) is 9.05. The first kappa shape index (κ1) is 23.0. The van der Waals surface area contributed by atoms with Crippen molar-refractivity contribution in [3.05, 3.63) is 58.9 Å². The fourth-order valence-electron chi connectivity index (χ4n) is 4.70. The highest BCUT2D eigenvalue weighted by Gasteiger charge is 2.39. The number of amides is 1. The normalized spacial score (nSPS) is 22.0. The molecule has 1 unspecified atom stereocenters. The number of benzene rings is 1. The van der Waals surface area contributed by atoms with Crippen molar-refractivity contribution in [1.82, 2.24) is 14.8 Å². The summed E-state index contributed by atoms with van der Waals surface area (Å²) in [6.07, 6.45) is 6.22. The molecule has 2 aliphatic rings. The van der Waals surface area contributed by atoms with Gasteiger partial charge in [0.25, 0.3) is 0 Å². The average molecular weight is 458 g/mol. The van der Waals surface area contributed by atoms with Crippen molar-refractivity contribution in [2.75, 3.05) is 46.0 Å². The lowest BCUT2D eigenvalue weighted by Gasteiger charge is -2.43. The highest BCUT2D eigenvalue weighted by molar-refractivity contribution is 6.31. The standard InChI is InChI=1S/C25H32ClN3O3/c1-20-14-22(5-6-23(20)26)32-19-25(15-24(30)29-10-12-31-13-11-29)7-3-9-28(18-25)17-21-4-2-8-27-16-21/h2,4-6,8,14,16H,3,7,9-13,15,17-19H2,1H3. The van der Waals surface area contributed by atoms with Gasteiger partial charge in [0.15, 0.2) is 0 Å². The summed E-state index contributed by atoms with van der Waals surface area (Å²) >= 11 is 6.18. The summed E-state index contributed by atoms with van der Waals surface area (Å²) in [5.74, 6) is 1.00. The molecule has 2 fully saturated rings. The molecule has 1 atom stereocenters. The number of morpholine rings is 1. The Morgan fingerprint density at radius 2 is 2.09 bits per heavy atom. The molecule has 2 aromatic rings. The lowest BCUT2D eigenvalue weighted by molar-refractivity contribution is -0.139. The Balaban J connectivity index is 1.49. The van der Waals surface area contributed by atoms with Gasteiger partial charge in [0.05, 0.1) is 19.8 Å². The highest BCUT2D eigenvalue weighted by atomic mass is 35.5. The van der Waals surface area contributed by atoms with E-state index in [2.05, 4.69) is 16.0 Å². The minimum atomic E-state index is -0.233. The Morgan fingerprint density at radius 1 is 1.25 bits per heavy atom. The monoisotopic (exact) mass is 457 g/mol. The van der Waals surface area contributed by atoms with Crippen LogP contribution in [0.4, 0.5) is 0 Å². The van der Waals surface area contributed by atoms with Gasteiger partial charge in [-0.25, -0.2) is 0 Å². The quantitative estimate of drug-likeness (QED) is 0.630. The number of carbonyl (C=O) groups excluding carboxylic acids is 1. The van der Waals surface area contributed by atoms with Crippen LogP contribution in [0.1, 0.15) is 30.4 Å². The van der Waals surface area contributed by atoms with Gasteiger partial charge >= 0.3 is 0 Å². The van der Waals surface area contributed by atoms with E-state index in [9.17, 15) is 4.79 Å². The van der Waals surface area contributed by atoms with Gasteiger partial charge in [0.1, 0.15) is 5.75 Å². The smallest absolute Gasteiger partial charge is 0.223 e. The molecule has 32 heavy (non-hydrogen) atoms. The third kappa shape index (κ3) is 6.00. The Labute approximate surface area is 195 Å². The van der Waals surface area contributed by atoms with Gasteiger partial charge in [-0.05, 0) is 61.7 Å². The molecule has 0 bridgehead atoms. The molecule has 0 saturated carbocycles. The Bertz CT molecular complexity index is 905. The summed E-state index contributed by atoms with van der Waals surface area (Å²) in [4.78, 5) is 21.8. The molecule has 0 aliphatic carbocycles. The van der Waals surface area contributed by atoms with E-state index in [1.807, 2.05) is 42.3 Å². The van der Waals surface area contributed by atoms with Gasteiger partial charge in [-0.1, -0.05) is 17.7 Å². The van der Waals surface area contributed by atoms with Crippen LogP contribution in [0, 0.1) is 12.3 Å². The topological polar surface area (TPSA) is 54.9 Å². The first-order valence-corrected chi connectivity index (χ1v) is 11.8. The van der Waals surface area contributed by atoms with Gasteiger partial charge < -0.3 is 14.4 Å². The Hall–Kier alpha value is -2.15. The van der Waals surface area contributed by atoms with E-state index < -0.39 is 0 Å². The number of piperidine rings is 1. The highest BCUT2D eigenvalue weighted by Crippen LogP contribution is 2.36. The van der Waals surface area contributed by atoms with Crippen molar-refractivity contribution in [2.24, 2.45) is 5.41 Å². The van der Waals surface area contributed by atoms with Crippen LogP contribution in [-0.2, 0) is 16.1 Å². The van der Waals surface area contributed by atoms with Crippen LogP contribution in [-0.4, -0.2) is 66.7 Å². The van der Waals surface area contributed by atoms with Crippen LogP contribution in [0.25, 0.3) is 0 Å². The van der Waals surface area contributed by atoms with Gasteiger partial charge in [-0.2, -0.15) is 0 Å². The molecule has 2 saturated heterocycles. The van der Waals surface area contributed by atoms with Crippen molar-refractivity contribution < 1.29 is 14.3 Å². The number of ether oxygens (including phenoxy) is 2. The van der Waals surface area contributed by atoms with Crippen molar-refractivity contribution in [3.63, 3.8) is 0 Å². The molecule has 172 valence electrons. The largest absolute Gasteiger partial charge is 0.493 e. The van der Waals surface area contributed by atoms with E-state index in [0.29, 0.717) is 39.3 Å². The Kier molecular flexibility index (Phi) is 7.66. The summed E-state index contributed by atoms with van der Waals surface area (Å²) in [5.41, 5.74) is 1.95. The van der Waals surface area contributed by atoms with E-state index in [1.165, 1.54) is 5.56 Å². The predicted molar refractivity (Wildman–Crippen MR) is 125 cm³/mol. The zero-order valence-corrected chi connectivity index (χ0v) is 19.5. The van der Waals surface area contributed by atoms with E-state index >= 15 is 0 Å². The van der Waals surface area contributed by atoms with Gasteiger partial charge in [0, 0.05) is 55.4 Å². The number of nitrogens with zero attached hydrogens (tertiary/aromatic N) is 3. The third-order valence-electron chi connectivity index (χ3n) is 6.43.